The molecule has 0 aliphatic rings. The van der Waals surface area contributed by atoms with Crippen molar-refractivity contribution in [2.75, 3.05) is 16.8 Å². The average molecular weight is 1050 g/mol. The van der Waals surface area contributed by atoms with Gasteiger partial charge in [0.15, 0.2) is 0 Å². The molecule has 2 aromatic heterocycles. The Balaban J connectivity index is 0.771. The number of benzene rings is 13. The molecule has 0 saturated carbocycles. The summed E-state index contributed by atoms with van der Waals surface area (Å²) in [6.07, 6.45) is 0. The third kappa shape index (κ3) is 8.40. The number of aryl methyl sites for hydroxylation is 1. The lowest BCUT2D eigenvalue weighted by molar-refractivity contribution is 1.02. The molecule has 0 spiro atoms. The summed E-state index contributed by atoms with van der Waals surface area (Å²) in [6.45, 7) is 0. The maximum absolute atomic E-state index is 2.46. The molecule has 0 aliphatic carbocycles. The van der Waals surface area contributed by atoms with Crippen molar-refractivity contribution in [3.8, 4) is 61.3 Å². The van der Waals surface area contributed by atoms with Gasteiger partial charge in [0.25, 0.3) is 0 Å². The van der Waals surface area contributed by atoms with Crippen LogP contribution in [0.15, 0.2) is 303 Å². The molecule has 2 heterocycles. The Morgan fingerprint density at radius 3 is 1.46 bits per heavy atom. The first-order valence-corrected chi connectivity index (χ1v) is 28.2. The number of rotatable bonds is 11. The van der Waals surface area contributed by atoms with Crippen molar-refractivity contribution in [1.29, 1.82) is 0 Å². The number of fused-ring (bicyclic) bond motifs is 8. The zero-order valence-electron chi connectivity index (χ0n) is 45.7. The molecule has 0 atom stereocenters. The topological polar surface area (TPSA) is 16.3 Å². The van der Waals surface area contributed by atoms with Crippen LogP contribution >= 0.6 is 0 Å². The Bertz CT molecular complexity index is 4830. The van der Waals surface area contributed by atoms with Crippen LogP contribution in [0.5, 0.6) is 0 Å². The van der Waals surface area contributed by atoms with E-state index in [9.17, 15) is 0 Å². The van der Waals surface area contributed by atoms with Crippen molar-refractivity contribution in [3.05, 3.63) is 303 Å². The summed E-state index contributed by atoms with van der Waals surface area (Å²) < 4.78 is 4.83. The van der Waals surface area contributed by atoms with E-state index < -0.39 is 0 Å². The van der Waals surface area contributed by atoms with Crippen LogP contribution in [-0.4, -0.2) is 16.2 Å². The minimum atomic E-state index is 1.10. The summed E-state index contributed by atoms with van der Waals surface area (Å²) >= 11 is 0. The predicted molar refractivity (Wildman–Crippen MR) is 349 cm³/mol. The van der Waals surface area contributed by atoms with E-state index in [1.54, 1.807) is 0 Å². The van der Waals surface area contributed by atoms with Gasteiger partial charge in [-0.25, -0.2) is 0 Å². The fraction of sp³-hybridized carbons (Fsp3) is 0.0256. The zero-order valence-corrected chi connectivity index (χ0v) is 45.7. The van der Waals surface area contributed by atoms with Gasteiger partial charge in [0.2, 0.25) is 0 Å². The number of anilines is 5. The summed E-state index contributed by atoms with van der Waals surface area (Å²) in [6, 6.07) is 111. The molecule has 0 radical (unpaired) electrons. The lowest BCUT2D eigenvalue weighted by atomic mass is 9.93. The van der Waals surface area contributed by atoms with Crippen LogP contribution in [0.4, 0.5) is 28.4 Å². The van der Waals surface area contributed by atoms with E-state index in [0.717, 1.165) is 34.1 Å². The molecule has 0 bridgehead atoms. The maximum atomic E-state index is 2.46. The second kappa shape index (κ2) is 20.2. The SMILES string of the molecule is CN(c1ccccc1)c1cccc2c3c4ccccc4ccc3n(-c3ccc(-c4cccc(-c5cc(-c6ccc(-c7ccc(N(c8ccccc8)c8ccc(-c9ccccc9)cc8)cc7)cc6)c6c(c5)c5ccccc5n6C)c4)cc3)c12. The molecule has 15 aromatic rings. The standard InChI is InChI=1S/C78H56N4/c1-79(63-23-8-4-9-24-63)75-31-17-29-70-76-68-27-13-12-20-58(68)42-49-74(76)82(78(70)75)67-47-40-57(41-48-67)60-21-16-22-61(50-60)62-51-71(77-72(52-62)69-28-14-15-30-73(69)80(77)2)59-34-32-54(33-35-59)56-38-45-66(46-39-56)81(64-25-10-5-11-26-64)65-43-36-55(37-44-65)53-18-6-3-7-19-53/h3-52H,1-2H3. The number of para-hydroxylation sites is 4. The minimum Gasteiger partial charge on any atom is -0.343 e. The van der Waals surface area contributed by atoms with E-state index >= 15 is 0 Å². The van der Waals surface area contributed by atoms with Crippen LogP contribution < -0.4 is 9.80 Å². The summed E-state index contributed by atoms with van der Waals surface area (Å²) in [7, 11) is 4.37. The highest BCUT2D eigenvalue weighted by Crippen LogP contribution is 2.45. The number of aromatic nitrogens is 2. The van der Waals surface area contributed by atoms with E-state index in [2.05, 4.69) is 336 Å². The van der Waals surface area contributed by atoms with E-state index in [4.69, 9.17) is 0 Å². The first kappa shape index (κ1) is 48.4. The molecule has 13 aromatic carbocycles. The van der Waals surface area contributed by atoms with Crippen LogP contribution in [0.2, 0.25) is 0 Å². The first-order chi connectivity index (χ1) is 40.5. The van der Waals surface area contributed by atoms with Gasteiger partial charge in [-0.05, 0) is 158 Å². The quantitative estimate of drug-likeness (QED) is 0.128. The monoisotopic (exact) mass is 1050 g/mol. The smallest absolute Gasteiger partial charge is 0.0778 e. The molecule has 15 rings (SSSR count). The van der Waals surface area contributed by atoms with Crippen LogP contribution in [0.25, 0.3) is 116 Å². The molecule has 0 N–H and O–H groups in total. The Labute approximate surface area is 477 Å². The number of hydrogen-bond acceptors (Lipinski definition) is 2. The van der Waals surface area contributed by atoms with Crippen molar-refractivity contribution in [3.63, 3.8) is 0 Å². The summed E-state index contributed by atoms with van der Waals surface area (Å²) in [5.41, 5.74) is 23.4. The Morgan fingerprint density at radius 1 is 0.293 bits per heavy atom. The van der Waals surface area contributed by atoms with Gasteiger partial charge in [-0.3, -0.25) is 0 Å². The second-order valence-electron chi connectivity index (χ2n) is 21.4. The van der Waals surface area contributed by atoms with Gasteiger partial charge in [-0.1, -0.05) is 206 Å². The maximum Gasteiger partial charge on any atom is 0.0778 e. The summed E-state index contributed by atoms with van der Waals surface area (Å²) in [5, 5.41) is 7.50. The minimum absolute atomic E-state index is 1.10. The molecule has 0 unspecified atom stereocenters. The van der Waals surface area contributed by atoms with Gasteiger partial charge < -0.3 is 18.9 Å². The second-order valence-corrected chi connectivity index (χ2v) is 21.4. The molecule has 388 valence electrons. The predicted octanol–water partition coefficient (Wildman–Crippen LogP) is 21.2. The third-order valence-corrected chi connectivity index (χ3v) is 16.7. The molecule has 0 saturated heterocycles. The largest absolute Gasteiger partial charge is 0.343 e. The van der Waals surface area contributed by atoms with Gasteiger partial charge in [-0.2, -0.15) is 0 Å². The normalized spacial score (nSPS) is 11.5. The van der Waals surface area contributed by atoms with Crippen LogP contribution in [0, 0.1) is 0 Å². The van der Waals surface area contributed by atoms with Gasteiger partial charge in [0.05, 0.1) is 22.2 Å². The highest BCUT2D eigenvalue weighted by atomic mass is 15.1. The molecule has 0 amide bonds. The van der Waals surface area contributed by atoms with Gasteiger partial charge in [-0.15, -0.1) is 0 Å². The van der Waals surface area contributed by atoms with Crippen molar-refractivity contribution in [2.24, 2.45) is 7.05 Å². The summed E-state index contributed by atoms with van der Waals surface area (Å²) in [4.78, 5) is 4.63. The van der Waals surface area contributed by atoms with E-state index in [0.29, 0.717) is 0 Å². The van der Waals surface area contributed by atoms with E-state index in [1.807, 2.05) is 0 Å². The highest BCUT2D eigenvalue weighted by Gasteiger charge is 2.22. The molecular formula is C78H56N4. The molecule has 0 aliphatic heterocycles. The highest BCUT2D eigenvalue weighted by molar-refractivity contribution is 6.23. The Morgan fingerprint density at radius 2 is 0.780 bits per heavy atom. The molecule has 4 nitrogen and oxygen atoms in total. The fourth-order valence-electron chi connectivity index (χ4n) is 12.6. The summed E-state index contributed by atoms with van der Waals surface area (Å²) in [5.74, 6) is 0. The van der Waals surface area contributed by atoms with Crippen LogP contribution in [-0.2, 0) is 7.05 Å². The Kier molecular flexibility index (Phi) is 11.9. The molecule has 4 heteroatoms. The van der Waals surface area contributed by atoms with Crippen molar-refractivity contribution in [1.82, 2.24) is 9.13 Å². The molecule has 82 heavy (non-hydrogen) atoms. The molecular weight excluding hydrogens is 993 g/mol. The van der Waals surface area contributed by atoms with Crippen LogP contribution in [0.3, 0.4) is 0 Å². The van der Waals surface area contributed by atoms with E-state index in [-0.39, 0.29) is 0 Å². The zero-order chi connectivity index (χ0) is 54.7. The Hall–Kier alpha value is -10.7. The lowest BCUT2D eigenvalue weighted by Gasteiger charge is -2.26. The van der Waals surface area contributed by atoms with Gasteiger partial charge >= 0.3 is 0 Å². The fourth-order valence-corrected chi connectivity index (χ4v) is 12.6. The molecule has 0 fully saturated rings. The van der Waals surface area contributed by atoms with Crippen molar-refractivity contribution < 1.29 is 0 Å². The first-order valence-electron chi connectivity index (χ1n) is 28.2. The third-order valence-electron chi connectivity index (χ3n) is 16.7. The van der Waals surface area contributed by atoms with Crippen molar-refractivity contribution >= 4 is 82.8 Å². The number of nitrogens with zero attached hydrogens (tertiary/aromatic N) is 4. The lowest BCUT2D eigenvalue weighted by Crippen LogP contribution is -2.11. The van der Waals surface area contributed by atoms with Crippen LogP contribution in [0.1, 0.15) is 0 Å². The van der Waals surface area contributed by atoms with E-state index in [1.165, 1.54) is 110 Å². The van der Waals surface area contributed by atoms with Crippen molar-refractivity contribution in [2.45, 2.75) is 0 Å². The van der Waals surface area contributed by atoms with Gasteiger partial charge in [0.1, 0.15) is 0 Å². The average Bonchev–Trinajstić information content (AvgIpc) is 4.29. The number of hydrogen-bond donors (Lipinski definition) is 0. The van der Waals surface area contributed by atoms with Gasteiger partial charge in [0, 0.05) is 75.2 Å².